The SMILES string of the molecule is Cc1cccc(CO[C@]2(C(=O)NN3CCOCC3)CC(OCc3ccc(C(F)(F)F)cc3)[C@@H]3OC(C)(C)O[C@@H]3C2)c1. The molecule has 224 valence electrons. The lowest BCUT2D eigenvalue weighted by atomic mass is 9.78. The van der Waals surface area contributed by atoms with E-state index >= 15 is 0 Å². The number of halogens is 3. The number of rotatable bonds is 8. The molecule has 1 aliphatic carbocycles. The smallest absolute Gasteiger partial charge is 0.379 e. The predicted octanol–water partition coefficient (Wildman–Crippen LogP) is 4.53. The molecular formula is C30H37F3N2O6. The summed E-state index contributed by atoms with van der Waals surface area (Å²) in [5.74, 6) is -1.21. The molecule has 0 bridgehead atoms. The first kappa shape index (κ1) is 29.9. The molecule has 11 heteroatoms. The van der Waals surface area contributed by atoms with Crippen molar-refractivity contribution in [3.63, 3.8) is 0 Å². The van der Waals surface area contributed by atoms with Gasteiger partial charge in [-0.05, 0) is 44.0 Å². The lowest BCUT2D eigenvalue weighted by Gasteiger charge is -2.44. The monoisotopic (exact) mass is 578 g/mol. The van der Waals surface area contributed by atoms with Crippen molar-refractivity contribution in [2.45, 2.75) is 82.7 Å². The van der Waals surface area contributed by atoms with Gasteiger partial charge in [-0.3, -0.25) is 10.2 Å². The Hall–Kier alpha value is -2.54. The van der Waals surface area contributed by atoms with E-state index in [0.29, 0.717) is 31.9 Å². The molecule has 2 aromatic rings. The predicted molar refractivity (Wildman–Crippen MR) is 142 cm³/mol. The van der Waals surface area contributed by atoms with Crippen LogP contribution in [0.2, 0.25) is 0 Å². The van der Waals surface area contributed by atoms with E-state index in [1.54, 1.807) is 13.8 Å². The number of fused-ring (bicyclic) bond motifs is 1. The van der Waals surface area contributed by atoms with E-state index in [9.17, 15) is 18.0 Å². The number of benzene rings is 2. The second-order valence-electron chi connectivity index (χ2n) is 11.4. The number of hydrogen-bond donors (Lipinski definition) is 1. The summed E-state index contributed by atoms with van der Waals surface area (Å²) in [5, 5.41) is 1.82. The highest BCUT2D eigenvalue weighted by molar-refractivity contribution is 5.85. The van der Waals surface area contributed by atoms with E-state index in [1.807, 2.05) is 36.2 Å². The number of hydrogen-bond acceptors (Lipinski definition) is 7. The largest absolute Gasteiger partial charge is 0.416 e. The van der Waals surface area contributed by atoms with Crippen molar-refractivity contribution in [2.24, 2.45) is 0 Å². The number of carbonyl (C=O) groups excluding carboxylic acids is 1. The Morgan fingerprint density at radius 1 is 1.02 bits per heavy atom. The van der Waals surface area contributed by atoms with Crippen LogP contribution >= 0.6 is 0 Å². The van der Waals surface area contributed by atoms with Gasteiger partial charge in [0.2, 0.25) is 0 Å². The van der Waals surface area contributed by atoms with Gasteiger partial charge in [0.05, 0.1) is 44.2 Å². The van der Waals surface area contributed by atoms with Crippen molar-refractivity contribution >= 4 is 5.91 Å². The van der Waals surface area contributed by atoms with Crippen molar-refractivity contribution in [3.05, 3.63) is 70.8 Å². The van der Waals surface area contributed by atoms with Gasteiger partial charge in [-0.1, -0.05) is 42.0 Å². The molecule has 1 amide bonds. The quantitative estimate of drug-likeness (QED) is 0.493. The van der Waals surface area contributed by atoms with E-state index < -0.39 is 41.4 Å². The molecule has 1 unspecified atom stereocenters. The second kappa shape index (κ2) is 12.0. The molecule has 3 fully saturated rings. The van der Waals surface area contributed by atoms with Crippen LogP contribution in [0.3, 0.4) is 0 Å². The number of nitrogens with one attached hydrogen (secondary N) is 1. The normalized spacial score (nSPS) is 28.3. The van der Waals surface area contributed by atoms with Crippen LogP contribution in [-0.2, 0) is 47.9 Å². The number of carbonyl (C=O) groups is 1. The highest BCUT2D eigenvalue weighted by atomic mass is 19.4. The van der Waals surface area contributed by atoms with Crippen molar-refractivity contribution in [1.29, 1.82) is 0 Å². The van der Waals surface area contributed by atoms with Crippen molar-refractivity contribution in [2.75, 3.05) is 26.3 Å². The van der Waals surface area contributed by atoms with Gasteiger partial charge in [0.15, 0.2) is 11.4 Å². The van der Waals surface area contributed by atoms with Crippen molar-refractivity contribution in [1.82, 2.24) is 10.4 Å². The van der Waals surface area contributed by atoms with E-state index in [1.165, 1.54) is 12.1 Å². The molecule has 3 aliphatic rings. The van der Waals surface area contributed by atoms with Crippen LogP contribution in [0, 0.1) is 6.92 Å². The Bertz CT molecular complexity index is 1200. The lowest BCUT2D eigenvalue weighted by molar-refractivity contribution is -0.187. The maximum atomic E-state index is 14.0. The van der Waals surface area contributed by atoms with Crippen LogP contribution in [0.5, 0.6) is 0 Å². The molecule has 4 atom stereocenters. The average Bonchev–Trinajstić information content (AvgIpc) is 3.24. The lowest BCUT2D eigenvalue weighted by Crippen LogP contribution is -2.63. The Kier molecular flexibility index (Phi) is 8.75. The molecule has 0 aromatic heterocycles. The first-order chi connectivity index (χ1) is 19.4. The molecule has 0 spiro atoms. The van der Waals surface area contributed by atoms with Gasteiger partial charge in [-0.2, -0.15) is 13.2 Å². The van der Waals surface area contributed by atoms with Crippen LogP contribution < -0.4 is 5.43 Å². The number of morpholine rings is 1. The van der Waals surface area contributed by atoms with Gasteiger partial charge >= 0.3 is 6.18 Å². The van der Waals surface area contributed by atoms with E-state index in [-0.39, 0.29) is 32.0 Å². The summed E-state index contributed by atoms with van der Waals surface area (Å²) in [7, 11) is 0. The van der Waals surface area contributed by atoms with Gasteiger partial charge in [0.1, 0.15) is 6.10 Å². The molecule has 2 aliphatic heterocycles. The number of nitrogens with zero attached hydrogens (tertiary/aromatic N) is 1. The second-order valence-corrected chi connectivity index (χ2v) is 11.4. The Balaban J connectivity index is 1.39. The van der Waals surface area contributed by atoms with Crippen LogP contribution in [0.1, 0.15) is 48.9 Å². The Morgan fingerprint density at radius 2 is 1.76 bits per heavy atom. The zero-order valence-corrected chi connectivity index (χ0v) is 23.5. The molecule has 8 nitrogen and oxygen atoms in total. The van der Waals surface area contributed by atoms with Gasteiger partial charge in [-0.25, -0.2) is 5.01 Å². The number of aryl methyl sites for hydroxylation is 1. The molecule has 0 radical (unpaired) electrons. The molecular weight excluding hydrogens is 541 g/mol. The Labute approximate surface area is 238 Å². The topological polar surface area (TPSA) is 78.5 Å². The van der Waals surface area contributed by atoms with Crippen molar-refractivity contribution in [3.8, 4) is 0 Å². The zero-order chi connectivity index (χ0) is 29.3. The molecule has 2 saturated heterocycles. The fourth-order valence-electron chi connectivity index (χ4n) is 5.65. The average molecular weight is 579 g/mol. The third-order valence-corrected chi connectivity index (χ3v) is 7.68. The highest BCUT2D eigenvalue weighted by Crippen LogP contribution is 2.44. The summed E-state index contributed by atoms with van der Waals surface area (Å²) in [4.78, 5) is 14.0. The maximum Gasteiger partial charge on any atom is 0.416 e. The summed E-state index contributed by atoms with van der Waals surface area (Å²) < 4.78 is 69.8. The molecule has 1 N–H and O–H groups in total. The van der Waals surface area contributed by atoms with E-state index in [0.717, 1.165) is 23.3 Å². The number of ether oxygens (including phenoxy) is 5. The van der Waals surface area contributed by atoms with Crippen LogP contribution in [-0.4, -0.2) is 66.9 Å². The fraction of sp³-hybridized carbons (Fsp3) is 0.567. The number of alkyl halides is 3. The molecule has 2 heterocycles. The van der Waals surface area contributed by atoms with Crippen LogP contribution in [0.25, 0.3) is 0 Å². The van der Waals surface area contributed by atoms with E-state index in [4.69, 9.17) is 23.7 Å². The summed E-state index contributed by atoms with van der Waals surface area (Å²) in [6, 6.07) is 12.7. The minimum Gasteiger partial charge on any atom is -0.379 e. The third kappa shape index (κ3) is 7.28. The molecule has 41 heavy (non-hydrogen) atoms. The molecule has 1 saturated carbocycles. The molecule has 5 rings (SSSR count). The van der Waals surface area contributed by atoms with Crippen LogP contribution in [0.15, 0.2) is 48.5 Å². The first-order valence-corrected chi connectivity index (χ1v) is 13.9. The number of amides is 1. The standard InChI is InChI=1S/C30H37F3N2O6/c1-20-5-4-6-22(15-20)19-39-29(27(36)34-35-11-13-37-14-12-35)16-24(26-25(17-29)40-28(2,3)41-26)38-18-21-7-9-23(10-8-21)30(31,32)33/h4-10,15,24-26H,11-14,16-19H2,1-3H3,(H,34,36)/t24?,25-,26+,29-/m1/s1. The third-order valence-electron chi connectivity index (χ3n) is 7.68. The summed E-state index contributed by atoms with van der Waals surface area (Å²) in [6.07, 6.45) is -5.58. The minimum absolute atomic E-state index is 0.0366. The highest BCUT2D eigenvalue weighted by Gasteiger charge is 2.58. The summed E-state index contributed by atoms with van der Waals surface area (Å²) >= 11 is 0. The number of hydrazine groups is 1. The molecule has 2 aromatic carbocycles. The van der Waals surface area contributed by atoms with E-state index in [2.05, 4.69) is 5.43 Å². The maximum absolute atomic E-state index is 14.0. The minimum atomic E-state index is -4.42. The van der Waals surface area contributed by atoms with Crippen LogP contribution in [0.4, 0.5) is 13.2 Å². The van der Waals surface area contributed by atoms with Gasteiger partial charge in [0.25, 0.3) is 5.91 Å². The van der Waals surface area contributed by atoms with Crippen molar-refractivity contribution < 1.29 is 41.7 Å². The summed E-state index contributed by atoms with van der Waals surface area (Å²) in [6.45, 7) is 7.95. The first-order valence-electron chi connectivity index (χ1n) is 13.9. The van der Waals surface area contributed by atoms with Gasteiger partial charge < -0.3 is 23.7 Å². The van der Waals surface area contributed by atoms with Gasteiger partial charge in [-0.15, -0.1) is 0 Å². The zero-order valence-electron chi connectivity index (χ0n) is 23.5. The Morgan fingerprint density at radius 3 is 2.44 bits per heavy atom. The summed E-state index contributed by atoms with van der Waals surface area (Å²) in [5.41, 5.74) is 3.57. The van der Waals surface area contributed by atoms with Gasteiger partial charge in [0, 0.05) is 25.9 Å². The fourth-order valence-corrected chi connectivity index (χ4v) is 5.65.